The summed E-state index contributed by atoms with van der Waals surface area (Å²) in [5, 5.41) is 0.582. The minimum atomic E-state index is 0.270. The molecule has 4 heteroatoms. The lowest BCUT2D eigenvalue weighted by Gasteiger charge is -2.29. The highest BCUT2D eigenvalue weighted by Gasteiger charge is 2.23. The summed E-state index contributed by atoms with van der Waals surface area (Å²) in [6.45, 7) is 2.24. The fraction of sp³-hybridized carbons (Fsp3) is 0.500. The molecule has 1 aromatic carbocycles. The topological polar surface area (TPSA) is 35.2 Å². The van der Waals surface area contributed by atoms with Crippen LogP contribution in [0.15, 0.2) is 18.2 Å². The Balaban J connectivity index is 2.11. The first-order chi connectivity index (χ1) is 8.58. The van der Waals surface area contributed by atoms with Gasteiger partial charge in [-0.05, 0) is 43.4 Å². The maximum atomic E-state index is 6.20. The molecule has 0 aromatic heterocycles. The number of rotatable bonds is 3. The molecule has 2 N–H and O–H groups in total. The van der Waals surface area contributed by atoms with Gasteiger partial charge in [0.2, 0.25) is 0 Å². The van der Waals surface area contributed by atoms with Gasteiger partial charge in [0.25, 0.3) is 0 Å². The largest absolute Gasteiger partial charge is 0.489 e. The van der Waals surface area contributed by atoms with Crippen molar-refractivity contribution in [3.63, 3.8) is 0 Å². The Morgan fingerprint density at radius 3 is 2.72 bits per heavy atom. The predicted molar refractivity (Wildman–Crippen MR) is 79.4 cm³/mol. The summed E-state index contributed by atoms with van der Waals surface area (Å²) >= 11 is 11.1. The molecule has 2 atom stereocenters. The Kier molecular flexibility index (Phi) is 4.46. The number of ether oxygens (including phenoxy) is 1. The van der Waals surface area contributed by atoms with Gasteiger partial charge in [0, 0.05) is 5.56 Å². The highest BCUT2D eigenvalue weighted by atomic mass is 35.5. The van der Waals surface area contributed by atoms with Crippen LogP contribution in [0.2, 0.25) is 5.02 Å². The molecule has 1 fully saturated rings. The normalized spacial score (nSPS) is 23.7. The van der Waals surface area contributed by atoms with Crippen molar-refractivity contribution >= 4 is 28.8 Å². The molecule has 1 aromatic rings. The van der Waals surface area contributed by atoms with Gasteiger partial charge >= 0.3 is 0 Å². The Morgan fingerprint density at radius 1 is 1.39 bits per heavy atom. The van der Waals surface area contributed by atoms with Crippen molar-refractivity contribution < 1.29 is 4.74 Å². The van der Waals surface area contributed by atoms with Crippen molar-refractivity contribution in [3.8, 4) is 5.75 Å². The second kappa shape index (κ2) is 5.89. The summed E-state index contributed by atoms with van der Waals surface area (Å²) < 4.78 is 6.02. The van der Waals surface area contributed by atoms with E-state index < -0.39 is 0 Å². The zero-order valence-corrected chi connectivity index (χ0v) is 12.1. The van der Waals surface area contributed by atoms with Gasteiger partial charge in [0.05, 0.1) is 5.02 Å². The quantitative estimate of drug-likeness (QED) is 0.854. The summed E-state index contributed by atoms with van der Waals surface area (Å²) in [5.41, 5.74) is 6.35. The van der Waals surface area contributed by atoms with Crippen LogP contribution >= 0.6 is 23.8 Å². The number of thiocarbonyl (C=S) groups is 1. The minimum Gasteiger partial charge on any atom is -0.489 e. The highest BCUT2D eigenvalue weighted by molar-refractivity contribution is 7.80. The molecule has 0 spiro atoms. The van der Waals surface area contributed by atoms with E-state index in [1.54, 1.807) is 6.07 Å². The lowest BCUT2D eigenvalue weighted by Crippen LogP contribution is -2.28. The van der Waals surface area contributed by atoms with Crippen molar-refractivity contribution in [1.29, 1.82) is 0 Å². The van der Waals surface area contributed by atoms with E-state index in [1.807, 2.05) is 12.1 Å². The zero-order chi connectivity index (χ0) is 13.1. The molecule has 18 heavy (non-hydrogen) atoms. The van der Waals surface area contributed by atoms with Crippen LogP contribution in [-0.2, 0) is 0 Å². The number of nitrogens with two attached hydrogens (primary N) is 1. The first kappa shape index (κ1) is 13.6. The third-order valence-corrected chi connectivity index (χ3v) is 4.06. The third-order valence-electron chi connectivity index (χ3n) is 3.53. The van der Waals surface area contributed by atoms with Crippen molar-refractivity contribution in [2.75, 3.05) is 0 Å². The standard InChI is InChI=1S/C14H18ClNOS/c1-9-4-2-3-5-12(9)17-13-7-6-10(14(16)18)8-11(13)15/h6-9,12H,2-5H2,1H3,(H2,16,18). The highest BCUT2D eigenvalue weighted by Crippen LogP contribution is 2.32. The maximum Gasteiger partial charge on any atom is 0.138 e. The zero-order valence-electron chi connectivity index (χ0n) is 10.5. The molecular formula is C14H18ClNOS. The van der Waals surface area contributed by atoms with Crippen molar-refractivity contribution in [2.24, 2.45) is 11.7 Å². The molecule has 2 rings (SSSR count). The van der Waals surface area contributed by atoms with Gasteiger partial charge in [-0.25, -0.2) is 0 Å². The number of halogens is 1. The van der Waals surface area contributed by atoms with E-state index in [2.05, 4.69) is 6.92 Å². The second-order valence-electron chi connectivity index (χ2n) is 4.93. The molecule has 0 heterocycles. The van der Waals surface area contributed by atoms with E-state index in [4.69, 9.17) is 34.3 Å². The summed E-state index contributed by atoms with van der Waals surface area (Å²) in [4.78, 5) is 0.356. The molecular weight excluding hydrogens is 266 g/mol. The van der Waals surface area contributed by atoms with E-state index >= 15 is 0 Å². The van der Waals surface area contributed by atoms with Gasteiger partial charge in [0.1, 0.15) is 16.8 Å². The second-order valence-corrected chi connectivity index (χ2v) is 5.77. The fourth-order valence-corrected chi connectivity index (χ4v) is 2.72. The van der Waals surface area contributed by atoms with E-state index in [0.29, 0.717) is 15.9 Å². The molecule has 1 aliphatic carbocycles. The SMILES string of the molecule is CC1CCCCC1Oc1ccc(C(N)=S)cc1Cl. The first-order valence-electron chi connectivity index (χ1n) is 6.34. The van der Waals surface area contributed by atoms with Gasteiger partial charge in [-0.1, -0.05) is 37.2 Å². The Hall–Kier alpha value is -0.800. The average Bonchev–Trinajstić information content (AvgIpc) is 2.34. The summed E-state index contributed by atoms with van der Waals surface area (Å²) in [6, 6.07) is 5.49. The van der Waals surface area contributed by atoms with Crippen molar-refractivity contribution in [3.05, 3.63) is 28.8 Å². The Labute approximate surface area is 118 Å². The predicted octanol–water partition coefficient (Wildman–Crippen LogP) is 3.93. The van der Waals surface area contributed by atoms with Crippen LogP contribution in [0.25, 0.3) is 0 Å². The van der Waals surface area contributed by atoms with E-state index in [0.717, 1.165) is 17.7 Å². The van der Waals surface area contributed by atoms with E-state index in [9.17, 15) is 0 Å². The molecule has 2 nitrogen and oxygen atoms in total. The molecule has 0 amide bonds. The molecule has 0 bridgehead atoms. The summed E-state index contributed by atoms with van der Waals surface area (Å²) in [5.74, 6) is 1.32. The van der Waals surface area contributed by atoms with E-state index in [1.165, 1.54) is 19.3 Å². The Bertz CT molecular complexity index is 449. The van der Waals surface area contributed by atoms with Crippen LogP contribution in [0.5, 0.6) is 5.75 Å². The van der Waals surface area contributed by atoms with Crippen LogP contribution < -0.4 is 10.5 Å². The van der Waals surface area contributed by atoms with Crippen LogP contribution in [0, 0.1) is 5.92 Å². The molecule has 0 aliphatic heterocycles. The average molecular weight is 284 g/mol. The van der Waals surface area contributed by atoms with Crippen molar-refractivity contribution in [2.45, 2.75) is 38.7 Å². The molecule has 1 saturated carbocycles. The van der Waals surface area contributed by atoms with Gasteiger partial charge in [0.15, 0.2) is 0 Å². The number of hydrogen-bond acceptors (Lipinski definition) is 2. The molecule has 2 unspecified atom stereocenters. The van der Waals surface area contributed by atoms with E-state index in [-0.39, 0.29) is 6.10 Å². The number of benzene rings is 1. The lowest BCUT2D eigenvalue weighted by atomic mass is 9.88. The monoisotopic (exact) mass is 283 g/mol. The van der Waals surface area contributed by atoms with Gasteiger partial charge < -0.3 is 10.5 Å². The Morgan fingerprint density at radius 2 is 2.11 bits per heavy atom. The van der Waals surface area contributed by atoms with Gasteiger partial charge in [-0.3, -0.25) is 0 Å². The first-order valence-corrected chi connectivity index (χ1v) is 7.12. The van der Waals surface area contributed by atoms with Crippen LogP contribution in [-0.4, -0.2) is 11.1 Å². The lowest BCUT2D eigenvalue weighted by molar-refractivity contribution is 0.103. The summed E-state index contributed by atoms with van der Waals surface area (Å²) in [7, 11) is 0. The van der Waals surface area contributed by atoms with Crippen molar-refractivity contribution in [1.82, 2.24) is 0 Å². The molecule has 1 aliphatic rings. The molecule has 0 radical (unpaired) electrons. The smallest absolute Gasteiger partial charge is 0.138 e. The molecule has 0 saturated heterocycles. The van der Waals surface area contributed by atoms with Crippen LogP contribution in [0.1, 0.15) is 38.2 Å². The fourth-order valence-electron chi connectivity index (χ4n) is 2.37. The minimum absolute atomic E-state index is 0.270. The van der Waals surface area contributed by atoms with Gasteiger partial charge in [-0.15, -0.1) is 0 Å². The van der Waals surface area contributed by atoms with Crippen LogP contribution in [0.4, 0.5) is 0 Å². The molecule has 98 valence electrons. The van der Waals surface area contributed by atoms with Crippen LogP contribution in [0.3, 0.4) is 0 Å². The van der Waals surface area contributed by atoms with Gasteiger partial charge in [-0.2, -0.15) is 0 Å². The third kappa shape index (κ3) is 3.15. The summed E-state index contributed by atoms with van der Waals surface area (Å²) in [6.07, 6.45) is 5.14. The maximum absolute atomic E-state index is 6.20. The number of hydrogen-bond donors (Lipinski definition) is 1.